The normalized spacial score (nSPS) is 11.2. The van der Waals surface area contributed by atoms with Crippen molar-refractivity contribution in [2.45, 2.75) is 13.8 Å². The molecule has 164 valence electrons. The summed E-state index contributed by atoms with van der Waals surface area (Å²) in [5, 5.41) is 2.42. The van der Waals surface area contributed by atoms with Crippen LogP contribution in [-0.2, 0) is 0 Å². The van der Waals surface area contributed by atoms with Gasteiger partial charge in [0.1, 0.15) is 11.6 Å². The minimum Gasteiger partial charge on any atom is -0.439 e. The number of ether oxygens (including phenoxy) is 1. The molecule has 3 aromatic heterocycles. The van der Waals surface area contributed by atoms with E-state index in [2.05, 4.69) is 82.1 Å². The van der Waals surface area contributed by atoms with Crippen molar-refractivity contribution in [2.24, 2.45) is 0 Å². The van der Waals surface area contributed by atoms with Crippen LogP contribution in [0.25, 0.3) is 38.8 Å². The number of pyridine rings is 2. The van der Waals surface area contributed by atoms with Crippen molar-refractivity contribution in [3.63, 3.8) is 0 Å². The van der Waals surface area contributed by atoms with Gasteiger partial charge in [-0.2, -0.15) is 0 Å². The van der Waals surface area contributed by atoms with Gasteiger partial charge in [0.2, 0.25) is 5.88 Å². The van der Waals surface area contributed by atoms with E-state index >= 15 is 0 Å². The third-order valence-electron chi connectivity index (χ3n) is 6.06. The summed E-state index contributed by atoms with van der Waals surface area (Å²) in [5.41, 5.74) is 6.59. The monoisotopic (exact) mass is 441 g/mol. The molecule has 0 saturated heterocycles. The van der Waals surface area contributed by atoms with Gasteiger partial charge in [-0.15, -0.1) is 0 Å². The molecule has 34 heavy (non-hydrogen) atoms. The van der Waals surface area contributed by atoms with Crippen molar-refractivity contribution in [2.75, 3.05) is 0 Å². The fourth-order valence-corrected chi connectivity index (χ4v) is 4.47. The minimum absolute atomic E-state index is 0.596. The first-order valence-electron chi connectivity index (χ1n) is 11.3. The van der Waals surface area contributed by atoms with Gasteiger partial charge in [0.05, 0.1) is 11.0 Å². The fourth-order valence-electron chi connectivity index (χ4n) is 4.47. The molecule has 6 aromatic rings. The molecule has 6 rings (SSSR count). The van der Waals surface area contributed by atoms with E-state index in [-0.39, 0.29) is 0 Å². The second kappa shape index (κ2) is 8.16. The average molecular weight is 442 g/mol. The molecule has 0 aliphatic carbocycles. The Bertz CT molecular complexity index is 1670. The first-order chi connectivity index (χ1) is 16.7. The summed E-state index contributed by atoms with van der Waals surface area (Å²) in [7, 11) is 0. The van der Waals surface area contributed by atoms with Crippen LogP contribution in [0.3, 0.4) is 0 Å². The van der Waals surface area contributed by atoms with Crippen LogP contribution in [-0.4, -0.2) is 14.5 Å². The maximum atomic E-state index is 6.04. The Morgan fingerprint density at radius 1 is 0.676 bits per heavy atom. The minimum atomic E-state index is 0.596. The topological polar surface area (TPSA) is 39.9 Å². The zero-order valence-electron chi connectivity index (χ0n) is 19.1. The van der Waals surface area contributed by atoms with E-state index in [9.17, 15) is 0 Å². The SMILES string of the molecule is Cc1ccnc(-n2c3ccccc3c3ccc(-c4cccc(Oc5cccc(C)n5)c4)cc32)c1. The molecule has 0 atom stereocenters. The molecule has 0 saturated carbocycles. The van der Waals surface area contributed by atoms with E-state index in [1.54, 1.807) is 0 Å². The van der Waals surface area contributed by atoms with Crippen molar-refractivity contribution < 1.29 is 4.74 Å². The van der Waals surface area contributed by atoms with Crippen LogP contribution in [0.15, 0.2) is 103 Å². The summed E-state index contributed by atoms with van der Waals surface area (Å²) in [4.78, 5) is 9.14. The van der Waals surface area contributed by atoms with Gasteiger partial charge in [-0.1, -0.05) is 48.5 Å². The summed E-state index contributed by atoms with van der Waals surface area (Å²) in [5.74, 6) is 2.28. The Morgan fingerprint density at radius 3 is 2.38 bits per heavy atom. The van der Waals surface area contributed by atoms with Crippen LogP contribution in [0.2, 0.25) is 0 Å². The molecule has 4 heteroatoms. The Labute approximate surface area is 198 Å². The molecule has 0 aliphatic heterocycles. The summed E-state index contributed by atoms with van der Waals surface area (Å²) in [6.07, 6.45) is 1.87. The molecule has 0 N–H and O–H groups in total. The molecule has 0 radical (unpaired) electrons. The lowest BCUT2D eigenvalue weighted by molar-refractivity contribution is 0.462. The Kier molecular flexibility index (Phi) is 4.84. The maximum Gasteiger partial charge on any atom is 0.219 e. The lowest BCUT2D eigenvalue weighted by atomic mass is 10.0. The fraction of sp³-hybridized carbons (Fsp3) is 0.0667. The molecule has 0 fully saturated rings. The van der Waals surface area contributed by atoms with Gasteiger partial charge in [0.25, 0.3) is 0 Å². The quantitative estimate of drug-likeness (QED) is 0.282. The summed E-state index contributed by atoms with van der Waals surface area (Å²) < 4.78 is 8.28. The van der Waals surface area contributed by atoms with Gasteiger partial charge in [-0.05, 0) is 73.0 Å². The zero-order chi connectivity index (χ0) is 23.1. The van der Waals surface area contributed by atoms with Crippen LogP contribution < -0.4 is 4.74 Å². The lowest BCUT2D eigenvalue weighted by Gasteiger charge is -2.10. The third-order valence-corrected chi connectivity index (χ3v) is 6.06. The Morgan fingerprint density at radius 2 is 1.50 bits per heavy atom. The van der Waals surface area contributed by atoms with Gasteiger partial charge in [-0.3, -0.25) is 4.57 Å². The van der Waals surface area contributed by atoms with Crippen LogP contribution in [0, 0.1) is 13.8 Å². The van der Waals surface area contributed by atoms with Crippen LogP contribution >= 0.6 is 0 Å². The summed E-state index contributed by atoms with van der Waals surface area (Å²) in [6.45, 7) is 4.06. The number of hydrogen-bond donors (Lipinski definition) is 0. The van der Waals surface area contributed by atoms with E-state index in [0.29, 0.717) is 5.88 Å². The van der Waals surface area contributed by atoms with Crippen LogP contribution in [0.1, 0.15) is 11.3 Å². The molecule has 0 unspecified atom stereocenters. The smallest absolute Gasteiger partial charge is 0.219 e. The summed E-state index contributed by atoms with van der Waals surface area (Å²) >= 11 is 0. The molecule has 3 heterocycles. The predicted octanol–water partition coefficient (Wildman–Crippen LogP) is 7.65. The van der Waals surface area contributed by atoms with Crippen molar-refractivity contribution in [1.29, 1.82) is 0 Å². The van der Waals surface area contributed by atoms with Gasteiger partial charge in [0.15, 0.2) is 0 Å². The van der Waals surface area contributed by atoms with Gasteiger partial charge in [0, 0.05) is 28.7 Å². The molecule has 3 aromatic carbocycles. The number of nitrogens with zero attached hydrogens (tertiary/aromatic N) is 3. The molecule has 4 nitrogen and oxygen atoms in total. The standard InChI is InChI=1S/C30H23N3O/c1-20-15-16-31-29(17-20)33-27-11-4-3-10-25(27)26-14-13-23(19-28(26)33)22-8-6-9-24(18-22)34-30-12-5-7-21(2)32-30/h3-19H,1-2H3. The number of para-hydroxylation sites is 1. The van der Waals surface area contributed by atoms with E-state index in [1.807, 2.05) is 49.5 Å². The predicted molar refractivity (Wildman–Crippen MR) is 138 cm³/mol. The number of hydrogen-bond acceptors (Lipinski definition) is 3. The van der Waals surface area contributed by atoms with Gasteiger partial charge >= 0.3 is 0 Å². The second-order valence-electron chi connectivity index (χ2n) is 8.52. The Balaban J connectivity index is 1.49. The van der Waals surface area contributed by atoms with Crippen molar-refractivity contribution in [3.05, 3.63) is 115 Å². The number of rotatable bonds is 4. The second-order valence-corrected chi connectivity index (χ2v) is 8.52. The lowest BCUT2D eigenvalue weighted by Crippen LogP contribution is -1.97. The maximum absolute atomic E-state index is 6.04. The first-order valence-corrected chi connectivity index (χ1v) is 11.3. The number of aryl methyl sites for hydroxylation is 2. The van der Waals surface area contributed by atoms with E-state index in [4.69, 9.17) is 4.74 Å². The van der Waals surface area contributed by atoms with Gasteiger partial charge < -0.3 is 4.74 Å². The van der Waals surface area contributed by atoms with Crippen LogP contribution in [0.5, 0.6) is 11.6 Å². The molecule has 0 aliphatic rings. The number of fused-ring (bicyclic) bond motifs is 3. The summed E-state index contributed by atoms with van der Waals surface area (Å²) in [6, 6.07) is 33.2. The number of benzene rings is 3. The highest BCUT2D eigenvalue weighted by atomic mass is 16.5. The Hall–Kier alpha value is -4.44. The molecule has 0 amide bonds. The highest BCUT2D eigenvalue weighted by Gasteiger charge is 2.14. The van der Waals surface area contributed by atoms with E-state index < -0.39 is 0 Å². The van der Waals surface area contributed by atoms with Gasteiger partial charge in [-0.25, -0.2) is 9.97 Å². The highest BCUT2D eigenvalue weighted by molar-refractivity contribution is 6.10. The van der Waals surface area contributed by atoms with Crippen molar-refractivity contribution in [1.82, 2.24) is 14.5 Å². The zero-order valence-corrected chi connectivity index (χ0v) is 19.1. The van der Waals surface area contributed by atoms with E-state index in [1.165, 1.54) is 16.3 Å². The first kappa shape index (κ1) is 20.2. The van der Waals surface area contributed by atoms with Crippen molar-refractivity contribution in [3.8, 4) is 28.6 Å². The number of aromatic nitrogens is 3. The van der Waals surface area contributed by atoms with E-state index in [0.717, 1.165) is 39.4 Å². The molecular formula is C30H23N3O. The van der Waals surface area contributed by atoms with Crippen molar-refractivity contribution >= 4 is 21.8 Å². The largest absolute Gasteiger partial charge is 0.439 e. The molecule has 0 bridgehead atoms. The van der Waals surface area contributed by atoms with Crippen LogP contribution in [0.4, 0.5) is 0 Å². The molecule has 0 spiro atoms. The highest BCUT2D eigenvalue weighted by Crippen LogP contribution is 2.35. The third kappa shape index (κ3) is 3.59. The molecular weight excluding hydrogens is 418 g/mol. The average Bonchev–Trinajstić information content (AvgIpc) is 3.18.